The van der Waals surface area contributed by atoms with E-state index in [0.717, 1.165) is 82.7 Å². The van der Waals surface area contributed by atoms with Crippen molar-refractivity contribution in [3.63, 3.8) is 0 Å². The van der Waals surface area contributed by atoms with Gasteiger partial charge >= 0.3 is 0 Å². The number of thioether (sulfide) groups is 1. The third-order valence-corrected chi connectivity index (χ3v) is 8.59. The summed E-state index contributed by atoms with van der Waals surface area (Å²) < 4.78 is 13.4. The Kier molecular flexibility index (Phi) is 11.8. The van der Waals surface area contributed by atoms with Crippen LogP contribution in [0.15, 0.2) is 95.7 Å². The fraction of sp³-hybridized carbons (Fsp3) is 0.351. The van der Waals surface area contributed by atoms with Gasteiger partial charge in [-0.15, -0.1) is 11.8 Å². The van der Waals surface area contributed by atoms with Crippen molar-refractivity contribution in [2.24, 2.45) is 5.92 Å². The van der Waals surface area contributed by atoms with Gasteiger partial charge in [0, 0.05) is 53.9 Å². The number of hydrogen-bond donors (Lipinski definition) is 1. The lowest BCUT2D eigenvalue weighted by Crippen LogP contribution is -2.29. The van der Waals surface area contributed by atoms with Crippen molar-refractivity contribution in [2.75, 3.05) is 43.1 Å². The van der Waals surface area contributed by atoms with E-state index in [1.165, 1.54) is 0 Å². The first-order valence-corrected chi connectivity index (χ1v) is 16.9. The van der Waals surface area contributed by atoms with Crippen LogP contribution in [0.1, 0.15) is 45.6 Å². The Morgan fingerprint density at radius 2 is 1.80 bits per heavy atom. The van der Waals surface area contributed by atoms with E-state index < -0.39 is 0 Å². The Morgan fingerprint density at radius 3 is 2.53 bits per heavy atom. The molecule has 0 unspecified atom stereocenters. The molecule has 1 N–H and O–H groups in total. The van der Waals surface area contributed by atoms with Crippen molar-refractivity contribution >= 4 is 35.1 Å². The van der Waals surface area contributed by atoms with E-state index in [-0.39, 0.29) is 5.91 Å². The molecule has 1 aromatic heterocycles. The molecule has 0 aliphatic carbocycles. The lowest BCUT2D eigenvalue weighted by atomic mass is 10.00. The smallest absolute Gasteiger partial charge is 0.251 e. The number of carbonyl (C=O) groups is 1. The molecule has 0 saturated carbocycles. The topological polar surface area (TPSA) is 68.6 Å². The number of hydrogen-bond acceptors (Lipinski definition) is 6. The van der Waals surface area contributed by atoms with Gasteiger partial charge in [-0.3, -0.25) is 9.48 Å². The summed E-state index contributed by atoms with van der Waals surface area (Å²) in [6.45, 7) is 10.3. The standard InChI is InChI=1S/C37H44N4O3S/c1-4-5-21-43-22-23-44-34-12-7-29(8-13-34)30-9-16-36-32(24-30)25-31(17-20-40(36)26-28(2)3)37(42)39-33-10-14-35(15-11-33)45-27-41-19-6-18-38-41/h6-16,18-19,24-25,28H,4-5,17,20-23,26-27H2,1-3H3,(H,39,42). The number of aromatic nitrogens is 2. The highest BCUT2D eigenvalue weighted by Crippen LogP contribution is 2.34. The van der Waals surface area contributed by atoms with Gasteiger partial charge in [-0.05, 0) is 96.1 Å². The highest BCUT2D eigenvalue weighted by molar-refractivity contribution is 7.98. The molecular weight excluding hydrogens is 580 g/mol. The minimum atomic E-state index is -0.0603. The Bertz CT molecular complexity index is 1530. The van der Waals surface area contributed by atoms with Gasteiger partial charge in [-0.2, -0.15) is 5.10 Å². The van der Waals surface area contributed by atoms with Crippen molar-refractivity contribution in [2.45, 2.75) is 50.8 Å². The van der Waals surface area contributed by atoms with Crippen molar-refractivity contribution in [3.05, 3.63) is 96.3 Å². The van der Waals surface area contributed by atoms with E-state index >= 15 is 0 Å². The van der Waals surface area contributed by atoms with Crippen LogP contribution in [-0.2, 0) is 15.4 Å². The number of anilines is 2. The van der Waals surface area contributed by atoms with Gasteiger partial charge in [0.25, 0.3) is 5.91 Å². The van der Waals surface area contributed by atoms with Crippen molar-refractivity contribution < 1.29 is 14.3 Å². The average molecular weight is 625 g/mol. The Morgan fingerprint density at radius 1 is 1.00 bits per heavy atom. The highest BCUT2D eigenvalue weighted by atomic mass is 32.2. The van der Waals surface area contributed by atoms with Crippen LogP contribution in [0.3, 0.4) is 0 Å². The van der Waals surface area contributed by atoms with E-state index in [1.54, 1.807) is 18.0 Å². The predicted octanol–water partition coefficient (Wildman–Crippen LogP) is 8.38. The van der Waals surface area contributed by atoms with Gasteiger partial charge in [0.2, 0.25) is 0 Å². The number of unbranched alkanes of at least 4 members (excludes halogenated alkanes) is 1. The second-order valence-electron chi connectivity index (χ2n) is 11.7. The summed E-state index contributed by atoms with van der Waals surface area (Å²) >= 11 is 1.70. The summed E-state index contributed by atoms with van der Waals surface area (Å²) in [6, 6.07) is 24.7. The van der Waals surface area contributed by atoms with Crippen LogP contribution in [0.5, 0.6) is 5.75 Å². The van der Waals surface area contributed by atoms with Crippen molar-refractivity contribution in [1.82, 2.24) is 9.78 Å². The molecule has 0 saturated heterocycles. The highest BCUT2D eigenvalue weighted by Gasteiger charge is 2.21. The van der Waals surface area contributed by atoms with Crippen molar-refractivity contribution in [1.29, 1.82) is 0 Å². The molecule has 3 aromatic carbocycles. The van der Waals surface area contributed by atoms with Crippen molar-refractivity contribution in [3.8, 4) is 16.9 Å². The molecule has 236 valence electrons. The Balaban J connectivity index is 1.27. The molecule has 0 atom stereocenters. The minimum Gasteiger partial charge on any atom is -0.491 e. The van der Waals surface area contributed by atoms with Gasteiger partial charge in [0.15, 0.2) is 0 Å². The molecule has 1 amide bonds. The van der Waals surface area contributed by atoms with E-state index in [0.29, 0.717) is 25.6 Å². The number of ether oxygens (including phenoxy) is 2. The molecule has 0 bridgehead atoms. The zero-order valence-corrected chi connectivity index (χ0v) is 27.4. The maximum absolute atomic E-state index is 13.5. The lowest BCUT2D eigenvalue weighted by Gasteiger charge is -2.27. The summed E-state index contributed by atoms with van der Waals surface area (Å²) in [4.78, 5) is 17.1. The number of fused-ring (bicyclic) bond motifs is 1. The third kappa shape index (κ3) is 9.49. The molecule has 0 radical (unpaired) electrons. The number of benzene rings is 3. The molecular formula is C37H44N4O3S. The summed E-state index contributed by atoms with van der Waals surface area (Å²) in [5, 5.41) is 7.38. The van der Waals surface area contributed by atoms with Gasteiger partial charge < -0.3 is 19.7 Å². The van der Waals surface area contributed by atoms with Crippen LogP contribution in [0.25, 0.3) is 17.2 Å². The second kappa shape index (κ2) is 16.3. The zero-order chi connectivity index (χ0) is 31.4. The first-order valence-electron chi connectivity index (χ1n) is 15.9. The van der Waals surface area contributed by atoms with E-state index in [9.17, 15) is 4.79 Å². The van der Waals surface area contributed by atoms with E-state index in [2.05, 4.69) is 72.5 Å². The second-order valence-corrected chi connectivity index (χ2v) is 12.7. The summed E-state index contributed by atoms with van der Waals surface area (Å²) in [6.07, 6.45) is 8.68. The zero-order valence-electron chi connectivity index (χ0n) is 26.6. The Hall–Kier alpha value is -4.01. The maximum atomic E-state index is 13.5. The number of nitrogens with one attached hydrogen (secondary N) is 1. The predicted molar refractivity (Wildman–Crippen MR) is 186 cm³/mol. The molecule has 2 heterocycles. The lowest BCUT2D eigenvalue weighted by molar-refractivity contribution is -0.112. The summed E-state index contributed by atoms with van der Waals surface area (Å²) in [7, 11) is 0. The van der Waals surface area contributed by atoms with Gasteiger partial charge in [0.05, 0.1) is 12.5 Å². The fourth-order valence-corrected chi connectivity index (χ4v) is 6.02. The van der Waals surface area contributed by atoms with Gasteiger partial charge in [-0.1, -0.05) is 45.4 Å². The summed E-state index contributed by atoms with van der Waals surface area (Å²) in [5.74, 6) is 2.02. The number of rotatable bonds is 15. The first kappa shape index (κ1) is 32.4. The average Bonchev–Trinajstić information content (AvgIpc) is 3.51. The molecule has 45 heavy (non-hydrogen) atoms. The molecule has 4 aromatic rings. The molecule has 8 heteroatoms. The molecule has 0 fully saturated rings. The monoisotopic (exact) mass is 624 g/mol. The Labute approximate surface area is 271 Å². The fourth-order valence-electron chi connectivity index (χ4n) is 5.26. The number of amides is 1. The van der Waals surface area contributed by atoms with Gasteiger partial charge in [-0.25, -0.2) is 0 Å². The minimum absolute atomic E-state index is 0.0603. The third-order valence-electron chi connectivity index (χ3n) is 7.59. The van der Waals surface area contributed by atoms with E-state index in [1.807, 2.05) is 53.3 Å². The molecule has 7 nitrogen and oxygen atoms in total. The van der Waals surface area contributed by atoms with Gasteiger partial charge in [0.1, 0.15) is 12.4 Å². The van der Waals surface area contributed by atoms with Crippen LogP contribution >= 0.6 is 11.8 Å². The van der Waals surface area contributed by atoms with Crippen LogP contribution in [0.4, 0.5) is 11.4 Å². The summed E-state index contributed by atoms with van der Waals surface area (Å²) in [5.41, 5.74) is 6.00. The normalized spacial score (nSPS) is 12.9. The molecule has 5 rings (SSSR count). The number of carbonyl (C=O) groups excluding carboxylic acids is 1. The molecule has 0 spiro atoms. The van der Waals surface area contributed by atoms with Crippen LogP contribution in [0, 0.1) is 5.92 Å². The van der Waals surface area contributed by atoms with Crippen LogP contribution in [-0.4, -0.2) is 48.6 Å². The van der Waals surface area contributed by atoms with Crippen LogP contribution in [0.2, 0.25) is 0 Å². The van der Waals surface area contributed by atoms with Crippen LogP contribution < -0.4 is 15.0 Å². The maximum Gasteiger partial charge on any atom is 0.251 e. The SMILES string of the molecule is CCCCOCCOc1ccc(-c2ccc3c(c2)C=C(C(=O)Nc2ccc(SCn4cccn4)cc2)CCN3CC(C)C)cc1. The largest absolute Gasteiger partial charge is 0.491 e. The molecule has 1 aliphatic heterocycles. The van der Waals surface area contributed by atoms with E-state index in [4.69, 9.17) is 9.47 Å². The number of nitrogens with zero attached hydrogens (tertiary/aromatic N) is 3. The quantitative estimate of drug-likeness (QED) is 0.106. The first-order chi connectivity index (χ1) is 22.0. The molecule has 1 aliphatic rings.